The fourth-order valence-electron chi connectivity index (χ4n) is 4.27. The van der Waals surface area contributed by atoms with Gasteiger partial charge in [0, 0.05) is 28.4 Å². The van der Waals surface area contributed by atoms with Crippen molar-refractivity contribution < 1.29 is 13.6 Å². The number of halogens is 1. The van der Waals surface area contributed by atoms with E-state index in [9.17, 15) is 13.6 Å². The number of unbranched alkanes of at least 4 members (excludes halogenated alkanes) is 5. The van der Waals surface area contributed by atoms with E-state index in [-0.39, 0.29) is 6.54 Å². The fraction of sp³-hybridized carbons (Fsp3) is 0.481. The topological polar surface area (TPSA) is 78.3 Å². The van der Waals surface area contributed by atoms with Crippen molar-refractivity contribution in [3.8, 4) is 0 Å². The summed E-state index contributed by atoms with van der Waals surface area (Å²) in [6, 6.07) is 11.4. The first kappa shape index (κ1) is 27.4. The second-order valence-electron chi connectivity index (χ2n) is 9.02. The summed E-state index contributed by atoms with van der Waals surface area (Å²) in [6.07, 6.45) is 8.34. The molecule has 1 aromatic heterocycles. The van der Waals surface area contributed by atoms with E-state index in [1.807, 2.05) is 24.5 Å². The Kier molecular flexibility index (Phi) is 10.3. The molecule has 1 heterocycles. The molecule has 0 spiro atoms. The van der Waals surface area contributed by atoms with E-state index < -0.39 is 17.2 Å². The first-order chi connectivity index (χ1) is 16.8. The maximum Gasteiger partial charge on any atom is 0.264 e. The molecule has 190 valence electrons. The summed E-state index contributed by atoms with van der Waals surface area (Å²) in [4.78, 5) is 17.6. The average molecular weight is 517 g/mol. The van der Waals surface area contributed by atoms with Crippen LogP contribution in [0.4, 0.5) is 0 Å². The number of hydrogen-bond donors (Lipinski definition) is 0. The Morgan fingerprint density at radius 2 is 1.80 bits per heavy atom. The molecule has 1 unspecified atom stereocenters. The summed E-state index contributed by atoms with van der Waals surface area (Å²) < 4.78 is 26.4. The van der Waals surface area contributed by atoms with E-state index in [1.165, 1.54) is 24.8 Å². The van der Waals surface area contributed by atoms with Gasteiger partial charge in [0.1, 0.15) is 5.82 Å². The minimum absolute atomic E-state index is 0.180. The zero-order valence-corrected chi connectivity index (χ0v) is 22.5. The molecular formula is C27H35ClN3O3S-. The van der Waals surface area contributed by atoms with Gasteiger partial charge in [-0.15, -0.1) is 0 Å². The summed E-state index contributed by atoms with van der Waals surface area (Å²) in [5, 5.41) is 0.718. The normalized spacial score (nSPS) is 12.3. The number of imidazole rings is 1. The summed E-state index contributed by atoms with van der Waals surface area (Å²) in [7, 11) is 0. The van der Waals surface area contributed by atoms with Crippen LogP contribution in [0.3, 0.4) is 0 Å². The van der Waals surface area contributed by atoms with Crippen LogP contribution in [0.5, 0.6) is 0 Å². The smallest absolute Gasteiger partial charge is 0.264 e. The van der Waals surface area contributed by atoms with Crippen LogP contribution in [0.25, 0.3) is 11.0 Å². The van der Waals surface area contributed by atoms with Gasteiger partial charge in [0.15, 0.2) is 0 Å². The number of rotatable bonds is 13. The maximum atomic E-state index is 13.0. The first-order valence-electron chi connectivity index (χ1n) is 12.5. The van der Waals surface area contributed by atoms with E-state index in [1.54, 1.807) is 18.2 Å². The van der Waals surface area contributed by atoms with Crippen molar-refractivity contribution in [3.05, 3.63) is 63.9 Å². The first-order valence-corrected chi connectivity index (χ1v) is 13.9. The van der Waals surface area contributed by atoms with Crippen molar-refractivity contribution in [2.75, 3.05) is 6.54 Å². The van der Waals surface area contributed by atoms with Crippen LogP contribution < -0.4 is 0 Å². The van der Waals surface area contributed by atoms with Gasteiger partial charge in [0.2, 0.25) is 0 Å². The Morgan fingerprint density at radius 3 is 2.49 bits per heavy atom. The van der Waals surface area contributed by atoms with Gasteiger partial charge in [-0.05, 0) is 61.6 Å². The molecule has 0 fully saturated rings. The number of carbonyl (C=O) groups excluding carboxylic acids is 1. The largest absolute Gasteiger partial charge is 0.755 e. The Morgan fingerprint density at radius 1 is 1.06 bits per heavy atom. The second-order valence-corrected chi connectivity index (χ2v) is 10.3. The number of amides is 1. The number of aryl methyl sites for hydroxylation is 2. The fourth-order valence-corrected chi connectivity index (χ4v) is 5.05. The lowest BCUT2D eigenvalue weighted by atomic mass is 10.0. The van der Waals surface area contributed by atoms with Crippen molar-refractivity contribution in [2.45, 2.75) is 78.7 Å². The predicted octanol–water partition coefficient (Wildman–Crippen LogP) is 6.60. The van der Waals surface area contributed by atoms with Crippen molar-refractivity contribution in [3.63, 3.8) is 0 Å². The lowest BCUT2D eigenvalue weighted by Gasteiger charge is -2.24. The van der Waals surface area contributed by atoms with Gasteiger partial charge in [0.05, 0.1) is 17.6 Å². The molecule has 0 radical (unpaired) electrons. The summed E-state index contributed by atoms with van der Waals surface area (Å²) >= 11 is 4.03. The van der Waals surface area contributed by atoms with Gasteiger partial charge < -0.3 is 9.12 Å². The molecule has 0 aliphatic carbocycles. The maximum absolute atomic E-state index is 13.0. The van der Waals surface area contributed by atoms with Gasteiger partial charge in [-0.2, -0.15) is 0 Å². The number of nitrogens with zero attached hydrogens (tertiary/aromatic N) is 3. The van der Waals surface area contributed by atoms with Gasteiger partial charge in [0.25, 0.3) is 5.91 Å². The SMILES string of the molecule is CCCCCCc1ccc(Cn2c(C)nc3ccc(C(=O)N(CCCCC)S(=O)[O-])cc32)c(Cl)c1. The summed E-state index contributed by atoms with van der Waals surface area (Å²) in [5.41, 5.74) is 4.07. The number of fused-ring (bicyclic) bond motifs is 1. The van der Waals surface area contributed by atoms with Gasteiger partial charge in [-0.1, -0.05) is 69.7 Å². The standard InChI is InChI=1S/C27H36ClN3O3S/c1-4-6-8-9-11-21-12-13-23(24(28)17-21)19-30-20(3)29-25-15-14-22(18-26(25)30)27(32)31(35(33)34)16-10-7-5-2/h12-15,17-18H,4-11,16,19H2,1-3H3,(H,33,34)/p-1. The number of carbonyl (C=O) groups is 1. The van der Waals surface area contributed by atoms with Crippen molar-refractivity contribution in [1.29, 1.82) is 0 Å². The predicted molar refractivity (Wildman–Crippen MR) is 142 cm³/mol. The summed E-state index contributed by atoms with van der Waals surface area (Å²) in [6.45, 7) is 6.86. The van der Waals surface area contributed by atoms with Crippen LogP contribution in [0.1, 0.15) is 86.1 Å². The minimum atomic E-state index is -2.62. The quantitative estimate of drug-likeness (QED) is 0.189. The van der Waals surface area contributed by atoms with E-state index in [0.717, 1.165) is 57.4 Å². The molecule has 0 aliphatic heterocycles. The average Bonchev–Trinajstić information content (AvgIpc) is 3.14. The minimum Gasteiger partial charge on any atom is -0.755 e. The highest BCUT2D eigenvalue weighted by molar-refractivity contribution is 7.77. The second kappa shape index (κ2) is 13.2. The Labute approximate surface area is 216 Å². The van der Waals surface area contributed by atoms with E-state index in [0.29, 0.717) is 18.5 Å². The van der Waals surface area contributed by atoms with Crippen LogP contribution in [0.2, 0.25) is 5.02 Å². The van der Waals surface area contributed by atoms with Crippen LogP contribution in [0, 0.1) is 6.92 Å². The molecule has 1 amide bonds. The molecule has 6 nitrogen and oxygen atoms in total. The highest BCUT2D eigenvalue weighted by Gasteiger charge is 2.19. The molecule has 0 bridgehead atoms. The van der Waals surface area contributed by atoms with E-state index in [4.69, 9.17) is 11.6 Å². The molecule has 0 saturated heterocycles. The molecule has 8 heteroatoms. The third-order valence-electron chi connectivity index (χ3n) is 6.32. The number of benzene rings is 2. The lowest BCUT2D eigenvalue weighted by Crippen LogP contribution is -2.33. The molecule has 35 heavy (non-hydrogen) atoms. The molecule has 3 rings (SSSR count). The van der Waals surface area contributed by atoms with Crippen LogP contribution in [0.15, 0.2) is 36.4 Å². The molecule has 0 saturated carbocycles. The number of aromatic nitrogens is 2. The molecule has 3 aromatic rings. The zero-order valence-electron chi connectivity index (χ0n) is 20.9. The zero-order chi connectivity index (χ0) is 25.4. The van der Waals surface area contributed by atoms with Gasteiger partial charge >= 0.3 is 0 Å². The highest BCUT2D eigenvalue weighted by atomic mass is 35.5. The van der Waals surface area contributed by atoms with Crippen LogP contribution >= 0.6 is 11.6 Å². The van der Waals surface area contributed by atoms with Crippen molar-refractivity contribution >= 4 is 39.8 Å². The molecule has 0 N–H and O–H groups in total. The third kappa shape index (κ3) is 7.15. The Hall–Kier alpha value is -2.22. The van der Waals surface area contributed by atoms with Crippen LogP contribution in [-0.4, -0.2) is 35.1 Å². The van der Waals surface area contributed by atoms with E-state index in [2.05, 4.69) is 24.0 Å². The monoisotopic (exact) mass is 516 g/mol. The Balaban J connectivity index is 1.83. The Bertz CT molecular complexity index is 1180. The third-order valence-corrected chi connectivity index (χ3v) is 7.38. The van der Waals surface area contributed by atoms with Gasteiger partial charge in [-0.3, -0.25) is 13.3 Å². The molecule has 0 aliphatic rings. The van der Waals surface area contributed by atoms with Gasteiger partial charge in [-0.25, -0.2) is 4.98 Å². The van der Waals surface area contributed by atoms with Crippen molar-refractivity contribution in [2.24, 2.45) is 0 Å². The summed E-state index contributed by atoms with van der Waals surface area (Å²) in [5.74, 6) is 0.281. The van der Waals surface area contributed by atoms with Crippen molar-refractivity contribution in [1.82, 2.24) is 13.9 Å². The lowest BCUT2D eigenvalue weighted by molar-refractivity contribution is 0.0857. The molecular weight excluding hydrogens is 482 g/mol. The van der Waals surface area contributed by atoms with Crippen LogP contribution in [-0.2, 0) is 24.2 Å². The molecule has 2 aromatic carbocycles. The highest BCUT2D eigenvalue weighted by Crippen LogP contribution is 2.25. The number of hydrogen-bond acceptors (Lipinski definition) is 4. The molecule has 1 atom stereocenters. The van der Waals surface area contributed by atoms with E-state index >= 15 is 0 Å².